The van der Waals surface area contributed by atoms with E-state index in [2.05, 4.69) is 20.5 Å². The standard InChI is InChI=1S/C17H17N7O3/c25-15(13-8-24(21-18-13)12-4-2-1-3-5-12)22-7-6-17(10-22)11-23-14(9-27-17)19-20-16(23)26/h1-5,8H,6-7,9-11H2,(H,20,26). The van der Waals surface area contributed by atoms with Gasteiger partial charge in [0.15, 0.2) is 11.5 Å². The zero-order chi connectivity index (χ0) is 18.4. The lowest BCUT2D eigenvalue weighted by Gasteiger charge is -2.33. The van der Waals surface area contributed by atoms with Crippen LogP contribution in [0.1, 0.15) is 22.7 Å². The summed E-state index contributed by atoms with van der Waals surface area (Å²) in [7, 11) is 0. The van der Waals surface area contributed by atoms with Gasteiger partial charge in [-0.2, -0.15) is 5.10 Å². The van der Waals surface area contributed by atoms with Crippen LogP contribution >= 0.6 is 0 Å². The van der Waals surface area contributed by atoms with Crippen molar-refractivity contribution in [3.05, 3.63) is 58.5 Å². The van der Waals surface area contributed by atoms with Crippen LogP contribution in [0.3, 0.4) is 0 Å². The predicted molar refractivity (Wildman–Crippen MR) is 92.2 cm³/mol. The van der Waals surface area contributed by atoms with Crippen LogP contribution < -0.4 is 5.69 Å². The molecular weight excluding hydrogens is 350 g/mol. The summed E-state index contributed by atoms with van der Waals surface area (Å²) in [6.45, 7) is 1.59. The molecule has 138 valence electrons. The highest BCUT2D eigenvalue weighted by Crippen LogP contribution is 2.31. The number of aromatic amines is 1. The van der Waals surface area contributed by atoms with Gasteiger partial charge in [0.05, 0.1) is 25.0 Å². The second kappa shape index (κ2) is 5.88. The van der Waals surface area contributed by atoms with Crippen molar-refractivity contribution in [1.82, 2.24) is 34.7 Å². The van der Waals surface area contributed by atoms with E-state index in [0.717, 1.165) is 5.69 Å². The summed E-state index contributed by atoms with van der Waals surface area (Å²) >= 11 is 0. The maximum absolute atomic E-state index is 12.8. The zero-order valence-electron chi connectivity index (χ0n) is 14.4. The van der Waals surface area contributed by atoms with Gasteiger partial charge >= 0.3 is 5.69 Å². The number of nitrogens with zero attached hydrogens (tertiary/aromatic N) is 6. The molecule has 1 spiro atoms. The lowest BCUT2D eigenvalue weighted by Crippen LogP contribution is -2.47. The van der Waals surface area contributed by atoms with Crippen molar-refractivity contribution in [1.29, 1.82) is 0 Å². The molecule has 1 saturated heterocycles. The number of carbonyl (C=O) groups is 1. The molecule has 1 atom stereocenters. The van der Waals surface area contributed by atoms with Gasteiger partial charge in [-0.25, -0.2) is 14.6 Å². The van der Waals surface area contributed by atoms with Gasteiger partial charge in [-0.1, -0.05) is 23.4 Å². The number of H-pyrrole nitrogens is 1. The average molecular weight is 367 g/mol. The van der Waals surface area contributed by atoms with Crippen molar-refractivity contribution in [3.8, 4) is 5.69 Å². The van der Waals surface area contributed by atoms with Crippen LogP contribution in [0.25, 0.3) is 5.69 Å². The molecule has 0 saturated carbocycles. The first-order valence-corrected chi connectivity index (χ1v) is 8.69. The number of carbonyl (C=O) groups excluding carboxylic acids is 1. The number of fused-ring (bicyclic) bond motifs is 1. The summed E-state index contributed by atoms with van der Waals surface area (Å²) in [4.78, 5) is 26.4. The number of benzene rings is 1. The molecule has 0 bridgehead atoms. The first kappa shape index (κ1) is 15.9. The highest BCUT2D eigenvalue weighted by molar-refractivity contribution is 5.92. The predicted octanol–water partition coefficient (Wildman–Crippen LogP) is -0.0328. The van der Waals surface area contributed by atoms with Crippen molar-refractivity contribution >= 4 is 5.91 Å². The summed E-state index contributed by atoms with van der Waals surface area (Å²) in [5, 5.41) is 14.5. The van der Waals surface area contributed by atoms with E-state index in [1.807, 2.05) is 30.3 Å². The van der Waals surface area contributed by atoms with Gasteiger partial charge in [0.2, 0.25) is 0 Å². The van der Waals surface area contributed by atoms with Gasteiger partial charge in [-0.3, -0.25) is 9.36 Å². The number of hydrogen-bond acceptors (Lipinski definition) is 6. The molecule has 0 aliphatic carbocycles. The van der Waals surface area contributed by atoms with Crippen molar-refractivity contribution in [2.24, 2.45) is 0 Å². The molecule has 1 fully saturated rings. The Morgan fingerprint density at radius 1 is 1.22 bits per heavy atom. The number of nitrogens with one attached hydrogen (secondary N) is 1. The van der Waals surface area contributed by atoms with Gasteiger partial charge in [-0.05, 0) is 18.6 Å². The van der Waals surface area contributed by atoms with Crippen LogP contribution in [0, 0.1) is 0 Å². The second-order valence-corrected chi connectivity index (χ2v) is 6.86. The highest BCUT2D eigenvalue weighted by Gasteiger charge is 2.45. The number of para-hydroxylation sites is 1. The Labute approximate surface area is 153 Å². The number of ether oxygens (including phenoxy) is 1. The number of rotatable bonds is 2. The maximum Gasteiger partial charge on any atom is 0.343 e. The lowest BCUT2D eigenvalue weighted by atomic mass is 10.0. The molecule has 0 radical (unpaired) electrons. The van der Waals surface area contributed by atoms with Crippen LogP contribution in [-0.4, -0.2) is 59.3 Å². The largest absolute Gasteiger partial charge is 0.363 e. The summed E-state index contributed by atoms with van der Waals surface area (Å²) in [5.74, 6) is 0.393. The normalized spacial score (nSPS) is 21.6. The van der Waals surface area contributed by atoms with E-state index >= 15 is 0 Å². The van der Waals surface area contributed by atoms with Gasteiger partial charge in [0.1, 0.15) is 12.2 Å². The number of likely N-dealkylation sites (tertiary alicyclic amines) is 1. The van der Waals surface area contributed by atoms with E-state index in [9.17, 15) is 9.59 Å². The molecule has 1 aromatic carbocycles. The Morgan fingerprint density at radius 2 is 2.07 bits per heavy atom. The quantitative estimate of drug-likeness (QED) is 0.681. The molecule has 2 aliphatic heterocycles. The molecule has 10 heteroatoms. The van der Waals surface area contributed by atoms with Gasteiger partial charge in [0, 0.05) is 6.54 Å². The Hall–Kier alpha value is -3.27. The van der Waals surface area contributed by atoms with E-state index < -0.39 is 5.60 Å². The number of amides is 1. The van der Waals surface area contributed by atoms with Gasteiger partial charge in [-0.15, -0.1) is 5.10 Å². The summed E-state index contributed by atoms with van der Waals surface area (Å²) in [6, 6.07) is 9.50. The van der Waals surface area contributed by atoms with Crippen LogP contribution in [0.5, 0.6) is 0 Å². The minimum absolute atomic E-state index is 0.192. The first-order valence-electron chi connectivity index (χ1n) is 8.69. The molecule has 1 amide bonds. The molecular formula is C17H17N7O3. The van der Waals surface area contributed by atoms with Crippen molar-refractivity contribution in [2.75, 3.05) is 13.1 Å². The SMILES string of the molecule is O=C(c1cn(-c2ccccc2)nn1)N1CCC2(C1)Cn1c(n[nH]c1=O)CO2. The third kappa shape index (κ3) is 2.65. The lowest BCUT2D eigenvalue weighted by molar-refractivity contribution is -0.0816. The Morgan fingerprint density at radius 3 is 2.93 bits per heavy atom. The summed E-state index contributed by atoms with van der Waals surface area (Å²) in [6.07, 6.45) is 2.28. The van der Waals surface area contributed by atoms with Crippen LogP contribution in [0.15, 0.2) is 41.3 Å². The number of hydrogen-bond donors (Lipinski definition) is 1. The van der Waals surface area contributed by atoms with E-state index in [1.54, 1.807) is 20.3 Å². The third-order valence-electron chi connectivity index (χ3n) is 5.13. The molecule has 2 aliphatic rings. The Kier molecular flexibility index (Phi) is 3.47. The minimum Gasteiger partial charge on any atom is -0.363 e. The smallest absolute Gasteiger partial charge is 0.343 e. The summed E-state index contributed by atoms with van der Waals surface area (Å²) in [5.41, 5.74) is 0.312. The van der Waals surface area contributed by atoms with E-state index in [1.165, 1.54) is 0 Å². The fraction of sp³-hybridized carbons (Fsp3) is 0.353. The molecule has 4 heterocycles. The van der Waals surface area contributed by atoms with Crippen LogP contribution in [-0.2, 0) is 17.9 Å². The molecule has 2 aromatic heterocycles. The topological polar surface area (TPSA) is 111 Å². The van der Waals surface area contributed by atoms with Crippen molar-refractivity contribution in [2.45, 2.75) is 25.2 Å². The monoisotopic (exact) mass is 367 g/mol. The summed E-state index contributed by atoms with van der Waals surface area (Å²) < 4.78 is 9.14. The average Bonchev–Trinajstić information content (AvgIpc) is 3.42. The molecule has 1 unspecified atom stereocenters. The van der Waals surface area contributed by atoms with E-state index in [-0.39, 0.29) is 23.9 Å². The maximum atomic E-state index is 12.8. The molecule has 10 nitrogen and oxygen atoms in total. The van der Waals surface area contributed by atoms with Crippen LogP contribution in [0.2, 0.25) is 0 Å². The highest BCUT2D eigenvalue weighted by atomic mass is 16.5. The van der Waals surface area contributed by atoms with Gasteiger partial charge in [0.25, 0.3) is 5.91 Å². The molecule has 1 N–H and O–H groups in total. The van der Waals surface area contributed by atoms with E-state index in [4.69, 9.17) is 4.74 Å². The van der Waals surface area contributed by atoms with E-state index in [0.29, 0.717) is 31.9 Å². The van der Waals surface area contributed by atoms with Crippen LogP contribution in [0.4, 0.5) is 0 Å². The Bertz CT molecular complexity index is 1050. The third-order valence-corrected chi connectivity index (χ3v) is 5.13. The first-order chi connectivity index (χ1) is 13.1. The fourth-order valence-corrected chi connectivity index (χ4v) is 3.67. The molecule has 27 heavy (non-hydrogen) atoms. The number of aromatic nitrogens is 6. The Balaban J connectivity index is 1.34. The minimum atomic E-state index is -0.564. The molecule has 5 rings (SSSR count). The fourth-order valence-electron chi connectivity index (χ4n) is 3.67. The zero-order valence-corrected chi connectivity index (χ0v) is 14.4. The van der Waals surface area contributed by atoms with Crippen molar-refractivity contribution < 1.29 is 9.53 Å². The molecule has 3 aromatic rings. The second-order valence-electron chi connectivity index (χ2n) is 6.86. The van der Waals surface area contributed by atoms with Gasteiger partial charge < -0.3 is 9.64 Å². The van der Waals surface area contributed by atoms with Crippen molar-refractivity contribution in [3.63, 3.8) is 0 Å².